The Kier molecular flexibility index (Phi) is 5.26. The Balaban J connectivity index is 1.74. The number of nitrogens with two attached hydrogens (primary N) is 1. The molecular formula is C14H28N2O. The molecule has 100 valence electrons. The van der Waals surface area contributed by atoms with Crippen LogP contribution in [0.25, 0.3) is 0 Å². The summed E-state index contributed by atoms with van der Waals surface area (Å²) in [4.78, 5) is 2.51. The van der Waals surface area contributed by atoms with E-state index >= 15 is 0 Å². The van der Waals surface area contributed by atoms with Gasteiger partial charge in [0, 0.05) is 25.7 Å². The van der Waals surface area contributed by atoms with E-state index in [1.165, 1.54) is 32.1 Å². The number of hydrogen-bond acceptors (Lipinski definition) is 3. The van der Waals surface area contributed by atoms with Crippen LogP contribution in [0.5, 0.6) is 0 Å². The van der Waals surface area contributed by atoms with E-state index in [1.54, 1.807) is 0 Å². The van der Waals surface area contributed by atoms with Gasteiger partial charge in [0.25, 0.3) is 0 Å². The van der Waals surface area contributed by atoms with Crippen molar-refractivity contribution in [2.24, 2.45) is 11.7 Å². The molecule has 0 bridgehead atoms. The van der Waals surface area contributed by atoms with Gasteiger partial charge in [-0.15, -0.1) is 0 Å². The first-order valence-corrected chi connectivity index (χ1v) is 7.39. The van der Waals surface area contributed by atoms with E-state index in [4.69, 9.17) is 10.5 Å². The first-order valence-electron chi connectivity index (χ1n) is 7.39. The van der Waals surface area contributed by atoms with Crippen molar-refractivity contribution >= 4 is 0 Å². The molecule has 3 nitrogen and oxygen atoms in total. The molecule has 17 heavy (non-hydrogen) atoms. The van der Waals surface area contributed by atoms with Crippen LogP contribution in [0.3, 0.4) is 0 Å². The summed E-state index contributed by atoms with van der Waals surface area (Å²) in [5.74, 6) is 0.770. The predicted molar refractivity (Wildman–Crippen MR) is 71.0 cm³/mol. The Bertz CT molecular complexity index is 216. The molecule has 1 saturated heterocycles. The lowest BCUT2D eigenvalue weighted by Gasteiger charge is -2.36. The molecule has 2 N–H and O–H groups in total. The van der Waals surface area contributed by atoms with Crippen molar-refractivity contribution in [3.63, 3.8) is 0 Å². The zero-order chi connectivity index (χ0) is 12.1. The van der Waals surface area contributed by atoms with Crippen LogP contribution in [0, 0.1) is 5.92 Å². The van der Waals surface area contributed by atoms with E-state index < -0.39 is 0 Å². The minimum Gasteiger partial charge on any atom is -0.376 e. The van der Waals surface area contributed by atoms with Crippen molar-refractivity contribution in [2.75, 3.05) is 26.2 Å². The molecule has 1 saturated carbocycles. The summed E-state index contributed by atoms with van der Waals surface area (Å²) in [6.45, 7) is 6.31. The van der Waals surface area contributed by atoms with E-state index in [9.17, 15) is 0 Å². The number of hydrogen-bond donors (Lipinski definition) is 1. The lowest BCUT2D eigenvalue weighted by molar-refractivity contribution is -0.0331. The molecule has 3 heteroatoms. The standard InChI is InChI=1S/C14H28N2O/c1-2-13-10-16(8-9-17-13)11-14(15)12-6-4-3-5-7-12/h12-14H,2-11,15H2,1H3. The summed E-state index contributed by atoms with van der Waals surface area (Å²) in [5, 5.41) is 0. The minimum absolute atomic E-state index is 0.380. The number of nitrogens with zero attached hydrogens (tertiary/aromatic N) is 1. The highest BCUT2D eigenvalue weighted by atomic mass is 16.5. The lowest BCUT2D eigenvalue weighted by Crippen LogP contribution is -2.49. The van der Waals surface area contributed by atoms with E-state index in [1.807, 2.05) is 0 Å². The van der Waals surface area contributed by atoms with Crippen molar-refractivity contribution in [1.82, 2.24) is 4.90 Å². The Morgan fingerprint density at radius 1 is 1.29 bits per heavy atom. The highest BCUT2D eigenvalue weighted by Crippen LogP contribution is 2.26. The normalized spacial score (nSPS) is 30.4. The smallest absolute Gasteiger partial charge is 0.0700 e. The molecule has 2 atom stereocenters. The van der Waals surface area contributed by atoms with E-state index in [2.05, 4.69) is 11.8 Å². The van der Waals surface area contributed by atoms with Gasteiger partial charge in [0.15, 0.2) is 0 Å². The van der Waals surface area contributed by atoms with Crippen LogP contribution in [0.15, 0.2) is 0 Å². The third-order valence-electron chi connectivity index (χ3n) is 4.40. The molecule has 1 heterocycles. The molecule has 0 spiro atoms. The van der Waals surface area contributed by atoms with Crippen LogP contribution in [0.1, 0.15) is 45.4 Å². The highest BCUT2D eigenvalue weighted by Gasteiger charge is 2.25. The molecule has 0 aromatic carbocycles. The third-order valence-corrected chi connectivity index (χ3v) is 4.40. The van der Waals surface area contributed by atoms with Gasteiger partial charge in [-0.1, -0.05) is 26.2 Å². The Morgan fingerprint density at radius 2 is 2.06 bits per heavy atom. The topological polar surface area (TPSA) is 38.5 Å². The van der Waals surface area contributed by atoms with Gasteiger partial charge < -0.3 is 10.5 Å². The molecule has 2 unspecified atom stereocenters. The van der Waals surface area contributed by atoms with E-state index in [-0.39, 0.29) is 0 Å². The van der Waals surface area contributed by atoms with Crippen LogP contribution < -0.4 is 5.73 Å². The second-order valence-corrected chi connectivity index (χ2v) is 5.72. The number of rotatable bonds is 4. The molecule has 2 rings (SSSR count). The van der Waals surface area contributed by atoms with Crippen LogP contribution in [0.2, 0.25) is 0 Å². The van der Waals surface area contributed by atoms with Crippen LogP contribution in [-0.4, -0.2) is 43.3 Å². The average molecular weight is 240 g/mol. The lowest BCUT2D eigenvalue weighted by atomic mass is 9.84. The Hall–Kier alpha value is -0.120. The third kappa shape index (κ3) is 3.94. The molecule has 0 aromatic heterocycles. The van der Waals surface area contributed by atoms with Gasteiger partial charge in [-0.05, 0) is 25.2 Å². The van der Waals surface area contributed by atoms with Crippen molar-refractivity contribution < 1.29 is 4.74 Å². The van der Waals surface area contributed by atoms with Gasteiger partial charge in [-0.25, -0.2) is 0 Å². The molecule has 0 aromatic rings. The van der Waals surface area contributed by atoms with Gasteiger partial charge in [0.05, 0.1) is 12.7 Å². The number of morpholine rings is 1. The largest absolute Gasteiger partial charge is 0.376 e. The van der Waals surface area contributed by atoms with Gasteiger partial charge in [0.2, 0.25) is 0 Å². The average Bonchev–Trinajstić information content (AvgIpc) is 2.40. The van der Waals surface area contributed by atoms with Crippen molar-refractivity contribution in [1.29, 1.82) is 0 Å². The summed E-state index contributed by atoms with van der Waals surface area (Å²) in [6, 6.07) is 0.380. The summed E-state index contributed by atoms with van der Waals surface area (Å²) in [5.41, 5.74) is 6.38. The van der Waals surface area contributed by atoms with Crippen molar-refractivity contribution in [3.05, 3.63) is 0 Å². The zero-order valence-electron chi connectivity index (χ0n) is 11.2. The molecular weight excluding hydrogens is 212 g/mol. The Morgan fingerprint density at radius 3 is 2.76 bits per heavy atom. The number of ether oxygens (including phenoxy) is 1. The first kappa shape index (κ1) is 13.3. The second-order valence-electron chi connectivity index (χ2n) is 5.72. The molecule has 2 aliphatic rings. The van der Waals surface area contributed by atoms with Crippen molar-refractivity contribution in [3.8, 4) is 0 Å². The molecule has 0 radical (unpaired) electrons. The maximum atomic E-state index is 6.38. The summed E-state index contributed by atoms with van der Waals surface area (Å²) in [7, 11) is 0. The maximum Gasteiger partial charge on any atom is 0.0700 e. The second kappa shape index (κ2) is 6.72. The molecule has 2 fully saturated rings. The zero-order valence-corrected chi connectivity index (χ0v) is 11.2. The molecule has 0 amide bonds. The fourth-order valence-electron chi connectivity index (χ4n) is 3.20. The highest BCUT2D eigenvalue weighted by molar-refractivity contribution is 4.81. The summed E-state index contributed by atoms with van der Waals surface area (Å²) < 4.78 is 5.70. The van der Waals surface area contributed by atoms with Crippen LogP contribution >= 0.6 is 0 Å². The molecule has 1 aliphatic heterocycles. The van der Waals surface area contributed by atoms with E-state index in [0.29, 0.717) is 12.1 Å². The quantitative estimate of drug-likeness (QED) is 0.817. The predicted octanol–water partition coefficient (Wildman–Crippen LogP) is 2.00. The van der Waals surface area contributed by atoms with Crippen LogP contribution in [-0.2, 0) is 4.74 Å². The monoisotopic (exact) mass is 240 g/mol. The summed E-state index contributed by atoms with van der Waals surface area (Å²) in [6.07, 6.45) is 8.44. The van der Waals surface area contributed by atoms with Gasteiger partial charge >= 0.3 is 0 Å². The Labute approximate surface area is 106 Å². The van der Waals surface area contributed by atoms with Gasteiger partial charge in [0.1, 0.15) is 0 Å². The first-order chi connectivity index (χ1) is 8.29. The fourth-order valence-corrected chi connectivity index (χ4v) is 3.20. The molecule has 1 aliphatic carbocycles. The van der Waals surface area contributed by atoms with E-state index in [0.717, 1.165) is 38.6 Å². The SMILES string of the molecule is CCC1CN(CC(N)C2CCCCC2)CCO1. The van der Waals surface area contributed by atoms with Gasteiger partial charge in [-0.2, -0.15) is 0 Å². The fraction of sp³-hybridized carbons (Fsp3) is 1.00. The summed E-state index contributed by atoms with van der Waals surface area (Å²) >= 11 is 0. The van der Waals surface area contributed by atoms with Crippen LogP contribution in [0.4, 0.5) is 0 Å². The minimum atomic E-state index is 0.380. The maximum absolute atomic E-state index is 6.38. The van der Waals surface area contributed by atoms with Crippen molar-refractivity contribution in [2.45, 2.75) is 57.6 Å². The van der Waals surface area contributed by atoms with Gasteiger partial charge in [-0.3, -0.25) is 4.90 Å².